The Labute approximate surface area is 143 Å². The number of aromatic nitrogens is 3. The second kappa shape index (κ2) is 7.09. The maximum absolute atomic E-state index is 12.7. The summed E-state index contributed by atoms with van der Waals surface area (Å²) in [4.78, 5) is 22.5. The highest BCUT2D eigenvalue weighted by atomic mass is 32.2. The van der Waals surface area contributed by atoms with Gasteiger partial charge in [0, 0.05) is 13.1 Å². The summed E-state index contributed by atoms with van der Waals surface area (Å²) in [5.41, 5.74) is -0.287. The van der Waals surface area contributed by atoms with Crippen LogP contribution in [-0.2, 0) is 18.0 Å². The molecule has 0 spiro atoms. The lowest BCUT2D eigenvalue weighted by atomic mass is 10.2. The van der Waals surface area contributed by atoms with Crippen LogP contribution >= 0.6 is 11.8 Å². The van der Waals surface area contributed by atoms with Gasteiger partial charge in [0.05, 0.1) is 10.2 Å². The summed E-state index contributed by atoms with van der Waals surface area (Å²) in [6.45, 7) is 1.44. The molecule has 0 aliphatic heterocycles. The van der Waals surface area contributed by atoms with Gasteiger partial charge in [-0.15, -0.1) is 10.2 Å². The number of nitrogens with zero attached hydrogens (tertiary/aromatic N) is 4. The van der Waals surface area contributed by atoms with Gasteiger partial charge in [-0.3, -0.25) is 14.9 Å². The van der Waals surface area contributed by atoms with Crippen LogP contribution in [0.3, 0.4) is 0 Å². The van der Waals surface area contributed by atoms with Gasteiger partial charge in [0.2, 0.25) is 11.7 Å². The van der Waals surface area contributed by atoms with E-state index in [0.717, 1.165) is 23.4 Å². The monoisotopic (exact) mass is 375 g/mol. The topological polar surface area (TPSA) is 103 Å². The van der Waals surface area contributed by atoms with Gasteiger partial charge in [-0.2, -0.15) is 13.2 Å². The van der Waals surface area contributed by atoms with Crippen LogP contribution in [0.2, 0.25) is 0 Å². The van der Waals surface area contributed by atoms with Gasteiger partial charge in [-0.05, 0) is 13.0 Å². The molecular weight excluding hydrogens is 363 g/mol. The summed E-state index contributed by atoms with van der Waals surface area (Å²) >= 11 is 0.756. The van der Waals surface area contributed by atoms with E-state index in [4.69, 9.17) is 0 Å². The molecule has 0 aliphatic carbocycles. The van der Waals surface area contributed by atoms with Gasteiger partial charge in [0.15, 0.2) is 5.16 Å². The molecule has 1 aromatic carbocycles. The number of rotatable bonds is 5. The van der Waals surface area contributed by atoms with Crippen molar-refractivity contribution in [2.24, 2.45) is 7.05 Å². The number of carbonyl (C=O) groups excluding carboxylic acids is 1. The molecular formula is C13H12F3N5O3S. The number of amides is 1. The average molecular weight is 375 g/mol. The molecule has 0 bridgehead atoms. The minimum Gasteiger partial charge on any atom is -0.319 e. The summed E-state index contributed by atoms with van der Waals surface area (Å²) in [5, 5.41) is 18.8. The van der Waals surface area contributed by atoms with Crippen LogP contribution < -0.4 is 5.32 Å². The number of halogens is 3. The molecule has 1 heterocycles. The Morgan fingerprint density at radius 2 is 2.00 bits per heavy atom. The van der Waals surface area contributed by atoms with Gasteiger partial charge in [-0.1, -0.05) is 23.9 Å². The lowest BCUT2D eigenvalue weighted by Crippen LogP contribution is -2.23. The zero-order chi connectivity index (χ0) is 18.8. The van der Waals surface area contributed by atoms with Gasteiger partial charge in [-0.25, -0.2) is 0 Å². The van der Waals surface area contributed by atoms with E-state index in [-0.39, 0.29) is 16.5 Å². The Kier molecular flexibility index (Phi) is 5.30. The highest BCUT2D eigenvalue weighted by molar-refractivity contribution is 8.00. The molecule has 0 unspecified atom stereocenters. The maximum atomic E-state index is 12.7. The van der Waals surface area contributed by atoms with Crippen LogP contribution in [0.4, 0.5) is 24.5 Å². The van der Waals surface area contributed by atoms with E-state index in [0.29, 0.717) is 0 Å². The summed E-state index contributed by atoms with van der Waals surface area (Å²) in [6.07, 6.45) is -4.66. The number of nitro benzene ring substituents is 1. The van der Waals surface area contributed by atoms with E-state index in [1.54, 1.807) is 0 Å². The first-order valence-electron chi connectivity index (χ1n) is 6.78. The predicted molar refractivity (Wildman–Crippen MR) is 83.1 cm³/mol. The first kappa shape index (κ1) is 18.7. The van der Waals surface area contributed by atoms with E-state index in [2.05, 4.69) is 15.5 Å². The molecule has 1 atom stereocenters. The molecule has 1 aromatic heterocycles. The molecule has 0 aliphatic rings. The second-order valence-electron chi connectivity index (χ2n) is 4.89. The SMILES string of the molecule is C[C@@H](Sc1nnc(C(F)(F)F)n1C)C(=O)Nc1ccccc1[N+](=O)[O-]. The van der Waals surface area contributed by atoms with Crippen molar-refractivity contribution in [2.45, 2.75) is 23.5 Å². The smallest absolute Gasteiger partial charge is 0.319 e. The minimum atomic E-state index is -4.66. The number of anilines is 1. The summed E-state index contributed by atoms with van der Waals surface area (Å²) in [5.74, 6) is -1.79. The number of hydrogen-bond donors (Lipinski definition) is 1. The molecule has 0 saturated heterocycles. The number of alkyl halides is 3. The lowest BCUT2D eigenvalue weighted by molar-refractivity contribution is -0.383. The summed E-state index contributed by atoms with van der Waals surface area (Å²) in [6, 6.07) is 5.55. The van der Waals surface area contributed by atoms with Gasteiger partial charge in [0.25, 0.3) is 5.69 Å². The van der Waals surface area contributed by atoms with Crippen LogP contribution in [0.15, 0.2) is 29.4 Å². The van der Waals surface area contributed by atoms with Crippen molar-refractivity contribution in [1.82, 2.24) is 14.8 Å². The molecule has 12 heteroatoms. The van der Waals surface area contributed by atoms with E-state index < -0.39 is 28.1 Å². The minimum absolute atomic E-state index is 0.00102. The standard InChI is InChI=1S/C13H12F3N5O3S/c1-7(25-12-19-18-11(20(12)2)13(14,15)16)10(22)17-8-5-3-4-6-9(8)21(23)24/h3-7H,1-2H3,(H,17,22)/t7-/m1/s1. The van der Waals surface area contributed by atoms with Crippen LogP contribution in [0.1, 0.15) is 12.7 Å². The fourth-order valence-corrected chi connectivity index (χ4v) is 2.66. The van der Waals surface area contributed by atoms with Crippen molar-refractivity contribution in [3.05, 3.63) is 40.2 Å². The molecule has 1 N–H and O–H groups in total. The van der Waals surface area contributed by atoms with Crippen LogP contribution in [0, 0.1) is 10.1 Å². The third kappa shape index (κ3) is 4.26. The Bertz CT molecular complexity index is 808. The van der Waals surface area contributed by atoms with Crippen molar-refractivity contribution in [1.29, 1.82) is 0 Å². The third-order valence-corrected chi connectivity index (χ3v) is 4.23. The number of benzene rings is 1. The molecule has 134 valence electrons. The Morgan fingerprint density at radius 1 is 1.36 bits per heavy atom. The quantitative estimate of drug-likeness (QED) is 0.490. The Hall–Kier alpha value is -2.63. The number of thioether (sulfide) groups is 1. The average Bonchev–Trinajstić information content (AvgIpc) is 2.88. The molecule has 0 radical (unpaired) electrons. The van der Waals surface area contributed by atoms with E-state index in [9.17, 15) is 28.1 Å². The highest BCUT2D eigenvalue weighted by Crippen LogP contribution is 2.31. The first-order valence-corrected chi connectivity index (χ1v) is 7.66. The second-order valence-corrected chi connectivity index (χ2v) is 6.19. The fraction of sp³-hybridized carbons (Fsp3) is 0.308. The number of nitrogens with one attached hydrogen (secondary N) is 1. The third-order valence-electron chi connectivity index (χ3n) is 3.10. The van der Waals surface area contributed by atoms with E-state index in [1.807, 2.05) is 0 Å². The van der Waals surface area contributed by atoms with Gasteiger partial charge < -0.3 is 9.88 Å². The largest absolute Gasteiger partial charge is 0.451 e. The summed E-state index contributed by atoms with van der Waals surface area (Å²) < 4.78 is 38.8. The maximum Gasteiger partial charge on any atom is 0.451 e. The van der Waals surface area contributed by atoms with Crippen molar-refractivity contribution in [2.75, 3.05) is 5.32 Å². The normalized spacial score (nSPS) is 12.7. The van der Waals surface area contributed by atoms with Crippen LogP contribution in [-0.4, -0.2) is 30.8 Å². The zero-order valence-corrected chi connectivity index (χ0v) is 13.8. The van der Waals surface area contributed by atoms with Crippen LogP contribution in [0.5, 0.6) is 0 Å². The first-order chi connectivity index (χ1) is 11.6. The number of carbonyl (C=O) groups is 1. The van der Waals surface area contributed by atoms with Crippen molar-refractivity contribution >= 4 is 29.0 Å². The predicted octanol–water partition coefficient (Wildman–Crippen LogP) is 2.86. The molecule has 2 rings (SSSR count). The number of hydrogen-bond acceptors (Lipinski definition) is 6. The van der Waals surface area contributed by atoms with E-state index in [1.165, 1.54) is 31.2 Å². The zero-order valence-electron chi connectivity index (χ0n) is 12.9. The van der Waals surface area contributed by atoms with Crippen molar-refractivity contribution in [3.63, 3.8) is 0 Å². The number of para-hydroxylation sites is 2. The fourth-order valence-electron chi connectivity index (χ4n) is 1.85. The number of nitro groups is 1. The van der Waals surface area contributed by atoms with Gasteiger partial charge >= 0.3 is 6.18 Å². The summed E-state index contributed by atoms with van der Waals surface area (Å²) in [7, 11) is 1.14. The molecule has 0 saturated carbocycles. The van der Waals surface area contributed by atoms with Gasteiger partial charge in [0.1, 0.15) is 5.69 Å². The lowest BCUT2D eigenvalue weighted by Gasteiger charge is -2.12. The van der Waals surface area contributed by atoms with Crippen molar-refractivity contribution < 1.29 is 22.9 Å². The van der Waals surface area contributed by atoms with E-state index >= 15 is 0 Å². The highest BCUT2D eigenvalue weighted by Gasteiger charge is 2.38. The molecule has 2 aromatic rings. The van der Waals surface area contributed by atoms with Crippen molar-refractivity contribution in [3.8, 4) is 0 Å². The van der Waals surface area contributed by atoms with Crippen LogP contribution in [0.25, 0.3) is 0 Å². The molecule has 0 fully saturated rings. The Morgan fingerprint density at radius 3 is 2.56 bits per heavy atom. The molecule has 1 amide bonds. The Balaban J connectivity index is 2.12. The molecule has 8 nitrogen and oxygen atoms in total. The molecule has 25 heavy (non-hydrogen) atoms.